The van der Waals surface area contributed by atoms with Crippen LogP contribution in [0.5, 0.6) is 5.75 Å². The lowest BCUT2D eigenvalue weighted by atomic mass is 10.1. The van der Waals surface area contributed by atoms with E-state index < -0.39 is 0 Å². The summed E-state index contributed by atoms with van der Waals surface area (Å²) in [5.41, 5.74) is 1.58. The number of anilines is 1. The van der Waals surface area contributed by atoms with Crippen molar-refractivity contribution in [3.8, 4) is 5.75 Å². The molecular formula is C22H28FN3O3. The summed E-state index contributed by atoms with van der Waals surface area (Å²) < 4.78 is 24.5. The van der Waals surface area contributed by atoms with Crippen LogP contribution in [-0.4, -0.2) is 50.9 Å². The van der Waals surface area contributed by atoms with Gasteiger partial charge in [-0.3, -0.25) is 0 Å². The lowest BCUT2D eigenvalue weighted by molar-refractivity contribution is 0.0680. The highest BCUT2D eigenvalue weighted by Gasteiger charge is 2.17. The van der Waals surface area contributed by atoms with Crippen molar-refractivity contribution in [3.05, 3.63) is 59.9 Å². The average Bonchev–Trinajstić information content (AvgIpc) is 3.22. The molecule has 1 heterocycles. The molecule has 7 heteroatoms. The van der Waals surface area contributed by atoms with Crippen LogP contribution in [0.25, 0.3) is 0 Å². The third-order valence-corrected chi connectivity index (χ3v) is 4.89. The minimum Gasteiger partial charge on any atom is -0.491 e. The fraction of sp³-hybridized carbons (Fsp3) is 0.409. The first-order chi connectivity index (χ1) is 14.0. The molecular weight excluding hydrogens is 373 g/mol. The van der Waals surface area contributed by atoms with Crippen LogP contribution in [-0.2, 0) is 4.74 Å². The lowest BCUT2D eigenvalue weighted by Gasteiger charge is -2.25. The number of amides is 2. The second kappa shape index (κ2) is 10.2. The molecule has 0 bridgehead atoms. The first-order valence-corrected chi connectivity index (χ1v) is 9.82. The molecule has 0 aliphatic carbocycles. The van der Waals surface area contributed by atoms with Gasteiger partial charge in [0.15, 0.2) is 0 Å². The van der Waals surface area contributed by atoms with Crippen molar-refractivity contribution in [2.75, 3.05) is 39.2 Å². The van der Waals surface area contributed by atoms with Crippen molar-refractivity contribution in [2.45, 2.75) is 25.0 Å². The fourth-order valence-electron chi connectivity index (χ4n) is 3.28. The van der Waals surface area contributed by atoms with Gasteiger partial charge in [0.1, 0.15) is 18.2 Å². The largest absolute Gasteiger partial charge is 0.491 e. The quantitative estimate of drug-likeness (QED) is 0.706. The monoisotopic (exact) mass is 401 g/mol. The lowest BCUT2D eigenvalue weighted by Crippen LogP contribution is -2.36. The Kier molecular flexibility index (Phi) is 7.43. The molecule has 1 aliphatic heterocycles. The van der Waals surface area contributed by atoms with E-state index in [1.165, 1.54) is 12.1 Å². The number of halogens is 1. The number of hydrogen-bond acceptors (Lipinski definition) is 4. The minimum atomic E-state index is -0.310. The van der Waals surface area contributed by atoms with E-state index in [0.29, 0.717) is 24.6 Å². The molecule has 0 radical (unpaired) electrons. The maximum absolute atomic E-state index is 13.2. The maximum Gasteiger partial charge on any atom is 0.319 e. The number of carbonyl (C=O) groups is 1. The smallest absolute Gasteiger partial charge is 0.319 e. The van der Waals surface area contributed by atoms with Crippen LogP contribution < -0.4 is 15.4 Å². The number of ether oxygens (including phenoxy) is 2. The van der Waals surface area contributed by atoms with E-state index in [2.05, 4.69) is 10.6 Å². The van der Waals surface area contributed by atoms with E-state index in [1.54, 1.807) is 18.2 Å². The molecule has 29 heavy (non-hydrogen) atoms. The molecule has 1 fully saturated rings. The van der Waals surface area contributed by atoms with E-state index in [4.69, 9.17) is 9.47 Å². The summed E-state index contributed by atoms with van der Waals surface area (Å²) in [7, 11) is 3.84. The molecule has 2 aromatic carbocycles. The SMILES string of the molecule is CN(C)C(CNC(=O)Nc1cccc(OCC2CCCO2)c1)c1ccc(F)cc1. The summed E-state index contributed by atoms with van der Waals surface area (Å²) in [5.74, 6) is 0.411. The predicted octanol–water partition coefficient (Wildman–Crippen LogP) is 3.81. The molecule has 6 nitrogen and oxygen atoms in total. The van der Waals surface area contributed by atoms with Crippen molar-refractivity contribution < 1.29 is 18.7 Å². The van der Waals surface area contributed by atoms with Gasteiger partial charge < -0.3 is 25.0 Å². The number of likely N-dealkylation sites (N-methyl/N-ethyl adjacent to an activating group) is 1. The zero-order valence-electron chi connectivity index (χ0n) is 16.9. The summed E-state index contributed by atoms with van der Waals surface area (Å²) in [6.07, 6.45) is 2.23. The highest BCUT2D eigenvalue weighted by Crippen LogP contribution is 2.20. The number of benzene rings is 2. The van der Waals surface area contributed by atoms with Gasteiger partial charge in [-0.2, -0.15) is 0 Å². The Labute approximate surface area is 171 Å². The third kappa shape index (κ3) is 6.44. The minimum absolute atomic E-state index is 0.0672. The standard InChI is InChI=1S/C22H28FN3O3/c1-26(2)21(16-8-10-17(23)11-9-16)14-24-22(27)25-18-5-3-6-19(13-18)29-15-20-7-4-12-28-20/h3,5-6,8-11,13,20-21H,4,7,12,14-15H2,1-2H3,(H2,24,25,27). The van der Waals surface area contributed by atoms with Crippen LogP contribution in [0.4, 0.5) is 14.9 Å². The van der Waals surface area contributed by atoms with Gasteiger partial charge in [0, 0.05) is 24.9 Å². The molecule has 2 N–H and O–H groups in total. The van der Waals surface area contributed by atoms with Gasteiger partial charge in [-0.05, 0) is 56.8 Å². The van der Waals surface area contributed by atoms with Gasteiger partial charge in [0.25, 0.3) is 0 Å². The summed E-state index contributed by atoms with van der Waals surface area (Å²) in [5, 5.41) is 5.70. The Morgan fingerprint density at radius 3 is 2.76 bits per heavy atom. The van der Waals surface area contributed by atoms with Crippen molar-refractivity contribution >= 4 is 11.7 Å². The molecule has 0 spiro atoms. The molecule has 0 saturated carbocycles. The van der Waals surface area contributed by atoms with Crippen molar-refractivity contribution in [3.63, 3.8) is 0 Å². The highest BCUT2D eigenvalue weighted by molar-refractivity contribution is 5.89. The highest BCUT2D eigenvalue weighted by atomic mass is 19.1. The molecule has 2 aromatic rings. The molecule has 1 aliphatic rings. The first-order valence-electron chi connectivity index (χ1n) is 9.82. The second-order valence-electron chi connectivity index (χ2n) is 7.34. The second-order valence-corrected chi connectivity index (χ2v) is 7.34. The molecule has 156 valence electrons. The number of nitrogens with one attached hydrogen (secondary N) is 2. The molecule has 2 atom stereocenters. The van der Waals surface area contributed by atoms with E-state index in [9.17, 15) is 9.18 Å². The van der Waals surface area contributed by atoms with Gasteiger partial charge in [-0.25, -0.2) is 9.18 Å². The molecule has 2 amide bonds. The fourth-order valence-corrected chi connectivity index (χ4v) is 3.28. The molecule has 1 saturated heterocycles. The van der Waals surface area contributed by atoms with Crippen LogP contribution in [0.1, 0.15) is 24.4 Å². The zero-order valence-corrected chi connectivity index (χ0v) is 16.9. The van der Waals surface area contributed by atoms with Gasteiger partial charge in [0.2, 0.25) is 0 Å². The van der Waals surface area contributed by atoms with Crippen LogP contribution in [0.2, 0.25) is 0 Å². The normalized spacial score (nSPS) is 17.2. The van der Waals surface area contributed by atoms with Crippen LogP contribution >= 0.6 is 0 Å². The Hall–Kier alpha value is -2.64. The number of hydrogen-bond donors (Lipinski definition) is 2. The average molecular weight is 401 g/mol. The Morgan fingerprint density at radius 2 is 2.07 bits per heavy atom. The van der Waals surface area contributed by atoms with Gasteiger partial charge >= 0.3 is 6.03 Å². The molecule has 2 unspecified atom stereocenters. The van der Waals surface area contributed by atoms with E-state index in [1.807, 2.05) is 37.2 Å². The van der Waals surface area contributed by atoms with Crippen molar-refractivity contribution in [1.82, 2.24) is 10.2 Å². The Morgan fingerprint density at radius 1 is 1.28 bits per heavy atom. The van der Waals surface area contributed by atoms with Gasteiger partial charge in [-0.15, -0.1) is 0 Å². The van der Waals surface area contributed by atoms with Gasteiger partial charge in [-0.1, -0.05) is 18.2 Å². The molecule has 3 rings (SSSR count). The first kappa shape index (κ1) is 21.1. The molecule has 0 aromatic heterocycles. The Balaban J connectivity index is 1.51. The number of nitrogens with zero attached hydrogens (tertiary/aromatic N) is 1. The van der Waals surface area contributed by atoms with E-state index in [0.717, 1.165) is 25.0 Å². The predicted molar refractivity (Wildman–Crippen MR) is 111 cm³/mol. The third-order valence-electron chi connectivity index (χ3n) is 4.89. The van der Waals surface area contributed by atoms with Crippen LogP contribution in [0.15, 0.2) is 48.5 Å². The number of rotatable bonds is 8. The maximum atomic E-state index is 13.2. The summed E-state index contributed by atoms with van der Waals surface area (Å²) in [6.45, 7) is 1.69. The number of urea groups is 1. The summed E-state index contributed by atoms with van der Waals surface area (Å²) in [6, 6.07) is 13.2. The van der Waals surface area contributed by atoms with Gasteiger partial charge in [0.05, 0.1) is 12.1 Å². The van der Waals surface area contributed by atoms with E-state index >= 15 is 0 Å². The number of carbonyl (C=O) groups excluding carboxylic acids is 1. The van der Waals surface area contributed by atoms with Crippen LogP contribution in [0.3, 0.4) is 0 Å². The van der Waals surface area contributed by atoms with Crippen LogP contribution in [0, 0.1) is 5.82 Å². The van der Waals surface area contributed by atoms with E-state index in [-0.39, 0.29) is 24.0 Å². The zero-order chi connectivity index (χ0) is 20.6. The topological polar surface area (TPSA) is 62.8 Å². The summed E-state index contributed by atoms with van der Waals surface area (Å²) >= 11 is 0. The Bertz CT molecular complexity index is 792. The summed E-state index contributed by atoms with van der Waals surface area (Å²) in [4.78, 5) is 14.3. The van der Waals surface area contributed by atoms with Crippen molar-refractivity contribution in [1.29, 1.82) is 0 Å². The van der Waals surface area contributed by atoms with Crippen molar-refractivity contribution in [2.24, 2.45) is 0 Å².